The standard InChI is InChI=1S/C14H13N3O4S/c15-22(20,21)13-3-1-2-12(8-13)17-14(18)11-6-4-10(5-7-11)9-16-19/h1-9,19H,(H,17,18)(H2,15,20,21)/b16-9-. The first-order valence-electron chi connectivity index (χ1n) is 6.12. The molecule has 22 heavy (non-hydrogen) atoms. The Labute approximate surface area is 127 Å². The summed E-state index contributed by atoms with van der Waals surface area (Å²) >= 11 is 0. The molecule has 7 nitrogen and oxygen atoms in total. The van der Waals surface area contributed by atoms with E-state index >= 15 is 0 Å². The number of hydrogen-bond donors (Lipinski definition) is 3. The summed E-state index contributed by atoms with van der Waals surface area (Å²) in [7, 11) is -3.83. The number of anilines is 1. The number of oxime groups is 1. The van der Waals surface area contributed by atoms with Crippen LogP contribution < -0.4 is 10.5 Å². The van der Waals surface area contributed by atoms with Crippen LogP contribution in [0.2, 0.25) is 0 Å². The monoisotopic (exact) mass is 319 g/mol. The van der Waals surface area contributed by atoms with Crippen LogP contribution in [0.15, 0.2) is 58.6 Å². The lowest BCUT2D eigenvalue weighted by Gasteiger charge is -2.07. The van der Waals surface area contributed by atoms with Gasteiger partial charge in [0.2, 0.25) is 10.0 Å². The molecule has 4 N–H and O–H groups in total. The molecule has 0 aliphatic carbocycles. The molecule has 0 saturated carbocycles. The minimum Gasteiger partial charge on any atom is -0.411 e. The zero-order valence-corrected chi connectivity index (χ0v) is 12.1. The van der Waals surface area contributed by atoms with Gasteiger partial charge in [-0.3, -0.25) is 4.79 Å². The van der Waals surface area contributed by atoms with Gasteiger partial charge in [0, 0.05) is 11.3 Å². The Morgan fingerprint density at radius 1 is 1.18 bits per heavy atom. The molecular weight excluding hydrogens is 306 g/mol. The van der Waals surface area contributed by atoms with Crippen molar-refractivity contribution in [3.8, 4) is 0 Å². The van der Waals surface area contributed by atoms with Crippen LogP contribution >= 0.6 is 0 Å². The van der Waals surface area contributed by atoms with E-state index < -0.39 is 15.9 Å². The maximum Gasteiger partial charge on any atom is 0.255 e. The van der Waals surface area contributed by atoms with Crippen LogP contribution in [0.25, 0.3) is 0 Å². The molecule has 8 heteroatoms. The third-order valence-corrected chi connectivity index (χ3v) is 3.71. The summed E-state index contributed by atoms with van der Waals surface area (Å²) in [5, 5.41) is 18.9. The maximum atomic E-state index is 12.1. The van der Waals surface area contributed by atoms with Gasteiger partial charge < -0.3 is 10.5 Å². The van der Waals surface area contributed by atoms with Crippen molar-refractivity contribution in [2.45, 2.75) is 4.90 Å². The van der Waals surface area contributed by atoms with Gasteiger partial charge in [0.15, 0.2) is 0 Å². The van der Waals surface area contributed by atoms with Crippen LogP contribution in [-0.2, 0) is 10.0 Å². The van der Waals surface area contributed by atoms with Gasteiger partial charge in [-0.05, 0) is 35.9 Å². The predicted molar refractivity (Wildman–Crippen MR) is 81.6 cm³/mol. The molecule has 0 fully saturated rings. The first-order chi connectivity index (χ1) is 10.4. The number of nitrogens with zero attached hydrogens (tertiary/aromatic N) is 1. The summed E-state index contributed by atoms with van der Waals surface area (Å²) in [5.41, 5.74) is 1.32. The van der Waals surface area contributed by atoms with Crippen molar-refractivity contribution < 1.29 is 18.4 Å². The van der Waals surface area contributed by atoms with E-state index in [1.54, 1.807) is 30.3 Å². The van der Waals surface area contributed by atoms with E-state index in [0.29, 0.717) is 16.8 Å². The zero-order valence-electron chi connectivity index (χ0n) is 11.3. The van der Waals surface area contributed by atoms with Gasteiger partial charge in [0.05, 0.1) is 11.1 Å². The summed E-state index contributed by atoms with van der Waals surface area (Å²) < 4.78 is 22.5. The smallest absolute Gasteiger partial charge is 0.255 e. The topological polar surface area (TPSA) is 122 Å². The van der Waals surface area contributed by atoms with Crippen LogP contribution in [-0.4, -0.2) is 25.7 Å². The molecule has 0 aliphatic heterocycles. The van der Waals surface area contributed by atoms with Gasteiger partial charge in [-0.25, -0.2) is 13.6 Å². The van der Waals surface area contributed by atoms with E-state index in [2.05, 4.69) is 10.5 Å². The van der Waals surface area contributed by atoms with E-state index in [0.717, 1.165) is 0 Å². The van der Waals surface area contributed by atoms with Crippen LogP contribution in [0, 0.1) is 0 Å². The summed E-state index contributed by atoms with van der Waals surface area (Å²) in [6.07, 6.45) is 1.23. The summed E-state index contributed by atoms with van der Waals surface area (Å²) in [4.78, 5) is 12.0. The number of carbonyl (C=O) groups is 1. The van der Waals surface area contributed by atoms with Gasteiger partial charge in [-0.2, -0.15) is 0 Å². The van der Waals surface area contributed by atoms with E-state index in [4.69, 9.17) is 10.3 Å². The van der Waals surface area contributed by atoms with Crippen LogP contribution in [0.4, 0.5) is 5.69 Å². The van der Waals surface area contributed by atoms with E-state index in [1.165, 1.54) is 24.4 Å². The average molecular weight is 319 g/mol. The molecule has 114 valence electrons. The quantitative estimate of drug-likeness (QED) is 0.448. The highest BCUT2D eigenvalue weighted by Crippen LogP contribution is 2.15. The molecule has 0 atom stereocenters. The van der Waals surface area contributed by atoms with Crippen LogP contribution in [0.5, 0.6) is 0 Å². The first-order valence-corrected chi connectivity index (χ1v) is 7.66. The molecule has 0 aliphatic rings. The van der Waals surface area contributed by atoms with Crippen molar-refractivity contribution in [1.29, 1.82) is 0 Å². The molecule has 0 bridgehead atoms. The van der Waals surface area contributed by atoms with E-state index in [1.807, 2.05) is 0 Å². The molecule has 0 aromatic heterocycles. The van der Waals surface area contributed by atoms with Gasteiger partial charge >= 0.3 is 0 Å². The fourth-order valence-electron chi connectivity index (χ4n) is 1.74. The largest absolute Gasteiger partial charge is 0.411 e. The average Bonchev–Trinajstić information content (AvgIpc) is 2.48. The third-order valence-electron chi connectivity index (χ3n) is 2.80. The van der Waals surface area contributed by atoms with Gasteiger partial charge in [-0.15, -0.1) is 0 Å². The summed E-state index contributed by atoms with van der Waals surface area (Å²) in [5.74, 6) is -0.404. The van der Waals surface area contributed by atoms with E-state index in [9.17, 15) is 13.2 Å². The molecule has 2 aromatic rings. The number of hydrogen-bond acceptors (Lipinski definition) is 5. The van der Waals surface area contributed by atoms with Gasteiger partial charge in [-0.1, -0.05) is 23.4 Å². The molecule has 2 rings (SSSR count). The number of nitrogens with one attached hydrogen (secondary N) is 1. The molecule has 0 spiro atoms. The van der Waals surface area contributed by atoms with Crippen molar-refractivity contribution in [3.63, 3.8) is 0 Å². The Morgan fingerprint density at radius 2 is 1.86 bits per heavy atom. The summed E-state index contributed by atoms with van der Waals surface area (Å²) in [6, 6.07) is 12.0. The second kappa shape index (κ2) is 6.37. The van der Waals surface area contributed by atoms with Crippen molar-refractivity contribution in [2.24, 2.45) is 10.3 Å². The lowest BCUT2D eigenvalue weighted by atomic mass is 10.1. The lowest BCUT2D eigenvalue weighted by Crippen LogP contribution is -2.14. The second-order valence-corrected chi connectivity index (χ2v) is 5.95. The molecule has 2 aromatic carbocycles. The minimum absolute atomic E-state index is 0.0835. The molecule has 0 saturated heterocycles. The number of rotatable bonds is 4. The fourth-order valence-corrected chi connectivity index (χ4v) is 2.30. The highest BCUT2D eigenvalue weighted by molar-refractivity contribution is 7.89. The fraction of sp³-hybridized carbons (Fsp3) is 0. The van der Waals surface area contributed by atoms with Gasteiger partial charge in [0.25, 0.3) is 5.91 Å². The number of primary sulfonamides is 1. The Hall–Kier alpha value is -2.71. The zero-order chi connectivity index (χ0) is 16.2. The van der Waals surface area contributed by atoms with Crippen molar-refractivity contribution in [2.75, 3.05) is 5.32 Å². The predicted octanol–water partition coefficient (Wildman–Crippen LogP) is 1.39. The van der Waals surface area contributed by atoms with Crippen LogP contribution in [0.3, 0.4) is 0 Å². The van der Waals surface area contributed by atoms with E-state index in [-0.39, 0.29) is 4.90 Å². The molecule has 0 heterocycles. The third kappa shape index (κ3) is 3.90. The van der Waals surface area contributed by atoms with Crippen molar-refractivity contribution in [3.05, 3.63) is 59.7 Å². The normalized spacial score (nSPS) is 11.5. The Kier molecular flexibility index (Phi) is 4.54. The number of benzene rings is 2. The summed E-state index contributed by atoms with van der Waals surface area (Å²) in [6.45, 7) is 0. The Morgan fingerprint density at radius 3 is 2.45 bits per heavy atom. The highest BCUT2D eigenvalue weighted by Gasteiger charge is 2.10. The molecule has 0 unspecified atom stereocenters. The highest BCUT2D eigenvalue weighted by atomic mass is 32.2. The molecular formula is C14H13N3O4S. The Bertz CT molecular complexity index is 814. The number of nitrogens with two attached hydrogens (primary N) is 1. The van der Waals surface area contributed by atoms with Crippen molar-refractivity contribution >= 4 is 27.8 Å². The number of amides is 1. The minimum atomic E-state index is -3.83. The first kappa shape index (κ1) is 15.7. The van der Waals surface area contributed by atoms with Crippen LogP contribution in [0.1, 0.15) is 15.9 Å². The Balaban J connectivity index is 2.18. The van der Waals surface area contributed by atoms with Crippen molar-refractivity contribution in [1.82, 2.24) is 0 Å². The second-order valence-electron chi connectivity index (χ2n) is 4.39. The molecule has 1 amide bonds. The van der Waals surface area contributed by atoms with Gasteiger partial charge in [0.1, 0.15) is 0 Å². The lowest BCUT2D eigenvalue weighted by molar-refractivity contribution is 0.102. The number of carbonyl (C=O) groups excluding carboxylic acids is 1. The SMILES string of the molecule is NS(=O)(=O)c1cccc(NC(=O)c2ccc(/C=N\O)cc2)c1. The molecule has 0 radical (unpaired) electrons. The maximum absolute atomic E-state index is 12.1. The number of sulfonamides is 1.